The van der Waals surface area contributed by atoms with E-state index in [2.05, 4.69) is 4.72 Å². The number of rotatable bonds is 8. The minimum absolute atomic E-state index is 0.204. The molecule has 0 spiro atoms. The second-order valence-electron chi connectivity index (χ2n) is 9.37. The van der Waals surface area contributed by atoms with Crippen molar-refractivity contribution in [2.45, 2.75) is 56.5 Å². The summed E-state index contributed by atoms with van der Waals surface area (Å²) in [6.45, 7) is 4.17. The van der Waals surface area contributed by atoms with E-state index in [4.69, 9.17) is 11.6 Å². The van der Waals surface area contributed by atoms with Crippen LogP contribution in [0.3, 0.4) is 0 Å². The van der Waals surface area contributed by atoms with E-state index in [1.54, 1.807) is 77.7 Å². The summed E-state index contributed by atoms with van der Waals surface area (Å²) in [7, 11) is -3.76. The first-order valence-corrected chi connectivity index (χ1v) is 14.4. The van der Waals surface area contributed by atoms with Crippen LogP contribution in [0, 0.1) is 6.92 Å². The van der Waals surface area contributed by atoms with Gasteiger partial charge in [-0.15, -0.1) is 0 Å². The molecule has 3 aromatic carbocycles. The van der Waals surface area contributed by atoms with Crippen LogP contribution in [0.2, 0.25) is 5.02 Å². The zero-order valence-corrected chi connectivity index (χ0v) is 22.6. The number of carbonyl (C=O) groups excluding carboxylic acids is 2. The number of nitrogens with one attached hydrogen (secondary N) is 1. The molecule has 4 rings (SSSR count). The highest BCUT2D eigenvalue weighted by atomic mass is 35.5. The zero-order chi connectivity index (χ0) is 26.6. The van der Waals surface area contributed by atoms with E-state index in [-0.39, 0.29) is 22.6 Å². The Morgan fingerprint density at radius 3 is 2.19 bits per heavy atom. The van der Waals surface area contributed by atoms with Gasteiger partial charge in [0.05, 0.1) is 10.5 Å². The van der Waals surface area contributed by atoms with Gasteiger partial charge in [0.2, 0.25) is 10.0 Å². The number of sulfonamides is 1. The third-order valence-electron chi connectivity index (χ3n) is 6.88. The van der Waals surface area contributed by atoms with E-state index in [1.165, 1.54) is 0 Å². The van der Waals surface area contributed by atoms with Gasteiger partial charge in [0.25, 0.3) is 5.91 Å². The quantitative estimate of drug-likeness (QED) is 0.377. The fraction of sp³-hybridized carbons (Fsp3) is 0.310. The highest BCUT2D eigenvalue weighted by Crippen LogP contribution is 2.27. The normalized spacial score (nSPS) is 17.8. The molecule has 1 N–H and O–H groups in total. The highest BCUT2D eigenvalue weighted by Gasteiger charge is 2.36. The van der Waals surface area contributed by atoms with Gasteiger partial charge in [-0.05, 0) is 69.2 Å². The number of likely N-dealkylation sites (N-methyl/N-ethyl adjacent to an activating group) is 1. The number of amides is 1. The lowest BCUT2D eigenvalue weighted by atomic mass is 9.89. The number of carbonyl (C=O) groups is 2. The van der Waals surface area contributed by atoms with Crippen molar-refractivity contribution >= 4 is 33.3 Å². The molecule has 3 aromatic rings. The molecule has 0 radical (unpaired) electrons. The van der Waals surface area contributed by atoms with E-state index in [0.29, 0.717) is 41.1 Å². The minimum Gasteiger partial charge on any atom is -0.334 e. The molecular formula is C29H31ClN2O4S. The van der Waals surface area contributed by atoms with E-state index in [9.17, 15) is 18.0 Å². The van der Waals surface area contributed by atoms with Crippen molar-refractivity contribution in [1.29, 1.82) is 0 Å². The molecule has 1 aliphatic carbocycles. The number of hydrogen-bond acceptors (Lipinski definition) is 4. The largest absolute Gasteiger partial charge is 0.334 e. The second-order valence-corrected chi connectivity index (χ2v) is 11.5. The maximum absolute atomic E-state index is 13.9. The fourth-order valence-electron chi connectivity index (χ4n) is 4.91. The average Bonchev–Trinajstić information content (AvgIpc) is 2.90. The Bertz CT molecular complexity index is 1370. The summed E-state index contributed by atoms with van der Waals surface area (Å²) in [6.07, 6.45) is 3.07. The Balaban J connectivity index is 1.62. The summed E-state index contributed by atoms with van der Waals surface area (Å²) in [5.41, 5.74) is 2.02. The van der Waals surface area contributed by atoms with E-state index in [0.717, 1.165) is 18.4 Å². The van der Waals surface area contributed by atoms with Gasteiger partial charge >= 0.3 is 0 Å². The van der Waals surface area contributed by atoms with Gasteiger partial charge in [0, 0.05) is 34.8 Å². The summed E-state index contributed by atoms with van der Waals surface area (Å²) in [5.74, 6) is -0.552. The monoisotopic (exact) mass is 538 g/mol. The maximum atomic E-state index is 13.9. The molecule has 0 aliphatic heterocycles. The van der Waals surface area contributed by atoms with Crippen molar-refractivity contribution in [2.75, 3.05) is 6.54 Å². The van der Waals surface area contributed by atoms with Crippen LogP contribution in [-0.2, 0) is 10.0 Å². The molecular weight excluding hydrogens is 508 g/mol. The van der Waals surface area contributed by atoms with Crippen LogP contribution in [0.15, 0.2) is 77.7 Å². The standard InChI is InChI=1S/C29H31ClN2O4S/c1-3-32(27-11-7-6-10-26(27)31-37(35,36)23-18-12-20(2)13-19-23)29(34)25-9-5-4-8-24(25)28(33)21-14-16-22(30)17-15-21/h4-5,8-9,12-19,26-27,31H,3,6-7,10-11H2,1-2H3. The third kappa shape index (κ3) is 6.12. The molecule has 0 heterocycles. The molecule has 2 unspecified atom stereocenters. The SMILES string of the molecule is CCN(C(=O)c1ccccc1C(=O)c1ccc(Cl)cc1)C1CCCCC1NS(=O)(=O)c1ccc(C)cc1. The van der Waals surface area contributed by atoms with Crippen LogP contribution in [0.1, 0.15) is 64.4 Å². The predicted octanol–water partition coefficient (Wildman–Crippen LogP) is 5.63. The van der Waals surface area contributed by atoms with Crippen LogP contribution in [0.25, 0.3) is 0 Å². The number of aryl methyl sites for hydroxylation is 1. The van der Waals surface area contributed by atoms with Gasteiger partial charge in [-0.3, -0.25) is 9.59 Å². The molecule has 0 bridgehead atoms. The predicted molar refractivity (Wildman–Crippen MR) is 146 cm³/mol. The smallest absolute Gasteiger partial charge is 0.254 e. The first kappa shape index (κ1) is 27.0. The number of ketones is 1. The van der Waals surface area contributed by atoms with Crippen molar-refractivity contribution in [3.8, 4) is 0 Å². The zero-order valence-electron chi connectivity index (χ0n) is 21.0. The van der Waals surface area contributed by atoms with Gasteiger partial charge in [-0.2, -0.15) is 0 Å². The Morgan fingerprint density at radius 2 is 1.54 bits per heavy atom. The van der Waals surface area contributed by atoms with Crippen LogP contribution in [-0.4, -0.2) is 43.6 Å². The van der Waals surface area contributed by atoms with Crippen molar-refractivity contribution in [3.63, 3.8) is 0 Å². The number of nitrogens with zero attached hydrogens (tertiary/aromatic N) is 1. The van der Waals surface area contributed by atoms with Crippen molar-refractivity contribution in [3.05, 3.63) is 100 Å². The summed E-state index contributed by atoms with van der Waals surface area (Å²) in [5, 5.41) is 0.523. The number of benzene rings is 3. The van der Waals surface area contributed by atoms with E-state index >= 15 is 0 Å². The molecule has 1 saturated carbocycles. The van der Waals surface area contributed by atoms with Crippen LogP contribution in [0.5, 0.6) is 0 Å². The summed E-state index contributed by atoms with van der Waals surface area (Å²) >= 11 is 5.98. The van der Waals surface area contributed by atoms with Gasteiger partial charge in [0.15, 0.2) is 5.78 Å². The first-order chi connectivity index (χ1) is 17.7. The van der Waals surface area contributed by atoms with Gasteiger partial charge in [-0.1, -0.05) is 60.3 Å². The Kier molecular flexibility index (Phi) is 8.47. The van der Waals surface area contributed by atoms with Crippen LogP contribution < -0.4 is 4.72 Å². The van der Waals surface area contributed by atoms with E-state index in [1.807, 2.05) is 13.8 Å². The molecule has 8 heteroatoms. The topological polar surface area (TPSA) is 83.6 Å². The van der Waals surface area contributed by atoms with Crippen molar-refractivity contribution < 1.29 is 18.0 Å². The maximum Gasteiger partial charge on any atom is 0.254 e. The molecule has 194 valence electrons. The summed E-state index contributed by atoms with van der Waals surface area (Å²) in [4.78, 5) is 29.1. The van der Waals surface area contributed by atoms with E-state index < -0.39 is 16.1 Å². The Morgan fingerprint density at radius 1 is 0.919 bits per heavy atom. The summed E-state index contributed by atoms with van der Waals surface area (Å²) < 4.78 is 29.2. The number of halogens is 1. The lowest BCUT2D eigenvalue weighted by molar-refractivity contribution is 0.0606. The second kappa shape index (κ2) is 11.6. The molecule has 0 aromatic heterocycles. The highest BCUT2D eigenvalue weighted by molar-refractivity contribution is 7.89. The molecule has 37 heavy (non-hydrogen) atoms. The average molecular weight is 539 g/mol. The van der Waals surface area contributed by atoms with Crippen LogP contribution in [0.4, 0.5) is 0 Å². The van der Waals surface area contributed by atoms with Gasteiger partial charge in [0.1, 0.15) is 0 Å². The van der Waals surface area contributed by atoms with Gasteiger partial charge < -0.3 is 4.90 Å². The number of hydrogen-bond donors (Lipinski definition) is 1. The first-order valence-electron chi connectivity index (χ1n) is 12.5. The van der Waals surface area contributed by atoms with Gasteiger partial charge in [-0.25, -0.2) is 13.1 Å². The molecule has 0 saturated heterocycles. The Labute approximate surface area is 223 Å². The Hall–Kier alpha value is -3.00. The molecule has 1 aliphatic rings. The lowest BCUT2D eigenvalue weighted by Crippen LogP contribution is -2.55. The van der Waals surface area contributed by atoms with Crippen LogP contribution >= 0.6 is 11.6 Å². The molecule has 1 amide bonds. The third-order valence-corrected chi connectivity index (χ3v) is 8.64. The fourth-order valence-corrected chi connectivity index (χ4v) is 6.34. The summed E-state index contributed by atoms with van der Waals surface area (Å²) in [6, 6.07) is 19.3. The molecule has 6 nitrogen and oxygen atoms in total. The van der Waals surface area contributed by atoms with Crippen molar-refractivity contribution in [1.82, 2.24) is 9.62 Å². The minimum atomic E-state index is -3.76. The molecule has 1 fully saturated rings. The lowest BCUT2D eigenvalue weighted by Gasteiger charge is -2.40. The molecule has 2 atom stereocenters. The van der Waals surface area contributed by atoms with Crippen molar-refractivity contribution in [2.24, 2.45) is 0 Å².